The molecule has 0 aromatic carbocycles. The molecule has 7 nitrogen and oxygen atoms in total. The number of aliphatic hydroxyl groups excluding tert-OH is 1. The van der Waals surface area contributed by atoms with Gasteiger partial charge >= 0.3 is 0 Å². The van der Waals surface area contributed by atoms with Crippen LogP contribution in [0.4, 0.5) is 0 Å². The highest BCUT2D eigenvalue weighted by molar-refractivity contribution is 5.92. The Morgan fingerprint density at radius 1 is 1.44 bits per heavy atom. The molecule has 1 saturated heterocycles. The van der Waals surface area contributed by atoms with Crippen molar-refractivity contribution in [2.75, 3.05) is 6.54 Å². The zero-order valence-corrected chi connectivity index (χ0v) is 14.9. The van der Waals surface area contributed by atoms with Crippen LogP contribution in [0.1, 0.15) is 50.5 Å². The van der Waals surface area contributed by atoms with Gasteiger partial charge in [-0.2, -0.15) is 0 Å². The van der Waals surface area contributed by atoms with E-state index in [1.807, 2.05) is 20.8 Å². The van der Waals surface area contributed by atoms with Gasteiger partial charge in [-0.15, -0.1) is 0 Å². The molecule has 0 bridgehead atoms. The second-order valence-corrected chi connectivity index (χ2v) is 8.24. The van der Waals surface area contributed by atoms with Gasteiger partial charge in [-0.25, -0.2) is 0 Å². The number of hydrogen-bond acceptors (Lipinski definition) is 5. The fourth-order valence-corrected chi connectivity index (χ4v) is 3.98. The Bertz CT molecular complexity index is 707. The van der Waals surface area contributed by atoms with Crippen LogP contribution in [-0.4, -0.2) is 51.2 Å². The van der Waals surface area contributed by atoms with Crippen molar-refractivity contribution in [3.8, 4) is 0 Å². The summed E-state index contributed by atoms with van der Waals surface area (Å²) in [5, 5.41) is 17.0. The minimum absolute atomic E-state index is 0.00357. The highest BCUT2D eigenvalue weighted by atomic mass is 16.5. The Kier molecular flexibility index (Phi) is 3.68. The van der Waals surface area contributed by atoms with E-state index in [1.54, 1.807) is 6.07 Å². The van der Waals surface area contributed by atoms with Crippen molar-refractivity contribution in [3.05, 3.63) is 17.5 Å². The van der Waals surface area contributed by atoms with E-state index in [2.05, 4.69) is 10.5 Å². The fourth-order valence-electron chi connectivity index (χ4n) is 3.98. The number of likely N-dealkylation sites (tertiary alicyclic amines) is 1. The topological polar surface area (TPSA) is 95.7 Å². The van der Waals surface area contributed by atoms with Crippen molar-refractivity contribution in [2.45, 2.75) is 63.6 Å². The quantitative estimate of drug-likeness (QED) is 0.827. The lowest BCUT2D eigenvalue weighted by atomic mass is 9.91. The molecule has 136 valence electrons. The largest absolute Gasteiger partial charge is 0.391 e. The minimum Gasteiger partial charge on any atom is -0.391 e. The molecule has 2 amide bonds. The monoisotopic (exact) mass is 347 g/mol. The van der Waals surface area contributed by atoms with Crippen molar-refractivity contribution in [1.29, 1.82) is 0 Å². The summed E-state index contributed by atoms with van der Waals surface area (Å²) in [4.78, 5) is 27.4. The van der Waals surface area contributed by atoms with Crippen LogP contribution in [-0.2, 0) is 9.59 Å². The maximum atomic E-state index is 13.2. The molecule has 2 aliphatic carbocycles. The van der Waals surface area contributed by atoms with E-state index in [0.29, 0.717) is 18.1 Å². The van der Waals surface area contributed by atoms with Crippen molar-refractivity contribution < 1.29 is 19.2 Å². The van der Waals surface area contributed by atoms with E-state index in [-0.39, 0.29) is 29.8 Å². The Morgan fingerprint density at radius 2 is 2.12 bits per heavy atom. The Morgan fingerprint density at radius 3 is 2.64 bits per heavy atom. The van der Waals surface area contributed by atoms with Crippen LogP contribution in [0.25, 0.3) is 0 Å². The molecule has 1 aromatic rings. The van der Waals surface area contributed by atoms with Crippen LogP contribution in [0.3, 0.4) is 0 Å². The number of amides is 2. The third kappa shape index (κ3) is 2.84. The van der Waals surface area contributed by atoms with E-state index < -0.39 is 18.1 Å². The van der Waals surface area contributed by atoms with Crippen molar-refractivity contribution in [3.63, 3.8) is 0 Å². The number of aliphatic hydroxyl groups is 1. The number of nitrogens with zero attached hydrogens (tertiary/aromatic N) is 2. The molecule has 3 atom stereocenters. The molecule has 0 radical (unpaired) electrons. The zero-order chi connectivity index (χ0) is 17.9. The highest BCUT2D eigenvalue weighted by Crippen LogP contribution is 2.66. The second-order valence-electron chi connectivity index (χ2n) is 8.24. The van der Waals surface area contributed by atoms with E-state index in [1.165, 1.54) is 4.90 Å². The number of fused-ring (bicyclic) bond motifs is 1. The van der Waals surface area contributed by atoms with E-state index >= 15 is 0 Å². The Labute approximate surface area is 146 Å². The number of aryl methyl sites for hydroxylation is 1. The lowest BCUT2D eigenvalue weighted by Gasteiger charge is -2.29. The Hall–Kier alpha value is -1.89. The molecule has 2 heterocycles. The summed E-state index contributed by atoms with van der Waals surface area (Å²) in [6.07, 6.45) is 1.72. The molecule has 3 fully saturated rings. The number of β-amino-alcohol motifs (C(OH)–C–C–N with tert-alkyl or cyclic N) is 1. The van der Waals surface area contributed by atoms with Gasteiger partial charge in [0, 0.05) is 24.6 Å². The van der Waals surface area contributed by atoms with E-state index in [4.69, 9.17) is 4.52 Å². The van der Waals surface area contributed by atoms with Crippen LogP contribution in [0.2, 0.25) is 0 Å². The standard InChI is InChI=1S/C18H25N3O4/c1-9(2)15(14-4-10(3)20-25-14)17(24)21-8-12(22)5-13(21)16(23)19-18-6-11(18)7-18/h4,9,11-13,15,22H,5-8H2,1-3H3,(H,19,23)/t11?,12-,13+,15-,18?/m1/s1. The number of rotatable bonds is 5. The molecule has 7 heteroatoms. The average molecular weight is 347 g/mol. The van der Waals surface area contributed by atoms with Gasteiger partial charge < -0.3 is 19.8 Å². The summed E-state index contributed by atoms with van der Waals surface area (Å²) in [7, 11) is 0. The molecule has 4 rings (SSSR count). The lowest BCUT2D eigenvalue weighted by Crippen LogP contribution is -2.49. The van der Waals surface area contributed by atoms with Crippen molar-refractivity contribution in [2.24, 2.45) is 11.8 Å². The smallest absolute Gasteiger partial charge is 0.243 e. The van der Waals surface area contributed by atoms with Gasteiger partial charge in [-0.05, 0) is 31.6 Å². The normalized spacial score (nSPS) is 34.0. The molecular formula is C18H25N3O4. The third-order valence-electron chi connectivity index (χ3n) is 5.80. The maximum Gasteiger partial charge on any atom is 0.243 e. The molecule has 2 saturated carbocycles. The summed E-state index contributed by atoms with van der Waals surface area (Å²) >= 11 is 0. The lowest BCUT2D eigenvalue weighted by molar-refractivity contribution is -0.141. The zero-order valence-electron chi connectivity index (χ0n) is 14.9. The number of aromatic nitrogens is 1. The predicted molar refractivity (Wildman–Crippen MR) is 88.5 cm³/mol. The number of hydrogen-bond donors (Lipinski definition) is 2. The SMILES string of the molecule is Cc1cc([C@H](C(=O)N2C[C@H](O)C[C@H]2C(=O)NC23CC2C3)C(C)C)on1. The molecule has 0 spiro atoms. The minimum atomic E-state index is -0.671. The van der Waals surface area contributed by atoms with Gasteiger partial charge in [0.2, 0.25) is 11.8 Å². The summed E-state index contributed by atoms with van der Waals surface area (Å²) < 4.78 is 5.33. The first-order valence-electron chi connectivity index (χ1n) is 9.04. The van der Waals surface area contributed by atoms with Crippen LogP contribution >= 0.6 is 0 Å². The van der Waals surface area contributed by atoms with Gasteiger partial charge in [0.1, 0.15) is 17.7 Å². The van der Waals surface area contributed by atoms with Gasteiger partial charge in [0.15, 0.2) is 0 Å². The molecule has 0 unspecified atom stereocenters. The van der Waals surface area contributed by atoms with E-state index in [9.17, 15) is 14.7 Å². The molecule has 2 N–H and O–H groups in total. The van der Waals surface area contributed by atoms with Crippen molar-refractivity contribution in [1.82, 2.24) is 15.4 Å². The summed E-state index contributed by atoms with van der Waals surface area (Å²) in [6.45, 7) is 5.88. The molecular weight excluding hydrogens is 322 g/mol. The molecule has 1 aliphatic heterocycles. The number of carbonyl (C=O) groups excluding carboxylic acids is 2. The van der Waals surface area contributed by atoms with Crippen LogP contribution in [0.5, 0.6) is 0 Å². The second kappa shape index (κ2) is 5.56. The van der Waals surface area contributed by atoms with Crippen LogP contribution in [0.15, 0.2) is 10.6 Å². The first-order chi connectivity index (χ1) is 11.8. The number of carbonyl (C=O) groups is 2. The van der Waals surface area contributed by atoms with Gasteiger partial charge in [0.05, 0.1) is 11.8 Å². The first kappa shape index (κ1) is 16.6. The van der Waals surface area contributed by atoms with E-state index in [0.717, 1.165) is 18.5 Å². The van der Waals surface area contributed by atoms with Crippen LogP contribution in [0, 0.1) is 18.8 Å². The summed E-state index contributed by atoms with van der Waals surface area (Å²) in [5.74, 6) is 0.323. The highest BCUT2D eigenvalue weighted by Gasteiger charge is 2.71. The maximum absolute atomic E-state index is 13.2. The molecule has 3 aliphatic rings. The number of nitrogens with one attached hydrogen (secondary N) is 1. The molecule has 1 aromatic heterocycles. The molecule has 25 heavy (non-hydrogen) atoms. The van der Waals surface area contributed by atoms with Crippen LogP contribution < -0.4 is 5.32 Å². The fraction of sp³-hybridized carbons (Fsp3) is 0.722. The average Bonchev–Trinajstić information content (AvgIpc) is 3.21. The van der Waals surface area contributed by atoms with Gasteiger partial charge in [0.25, 0.3) is 0 Å². The first-order valence-corrected chi connectivity index (χ1v) is 9.04. The predicted octanol–water partition coefficient (Wildman–Crippen LogP) is 0.963. The van der Waals surface area contributed by atoms with Crippen molar-refractivity contribution >= 4 is 11.8 Å². The third-order valence-corrected chi connectivity index (χ3v) is 5.80. The summed E-state index contributed by atoms with van der Waals surface area (Å²) in [6, 6.07) is 1.16. The summed E-state index contributed by atoms with van der Waals surface area (Å²) in [5.41, 5.74) is 0.732. The van der Waals surface area contributed by atoms with Gasteiger partial charge in [-0.1, -0.05) is 19.0 Å². The van der Waals surface area contributed by atoms with Gasteiger partial charge in [-0.3, -0.25) is 9.59 Å². The Balaban J connectivity index is 1.54.